The van der Waals surface area contributed by atoms with Crippen molar-refractivity contribution >= 4 is 33.4 Å². The predicted octanol–water partition coefficient (Wildman–Crippen LogP) is 4.20. The number of nitro benzene ring substituents is 1. The lowest BCUT2D eigenvalue weighted by Crippen LogP contribution is -2.38. The third kappa shape index (κ3) is 5.56. The molecule has 0 bridgehead atoms. The Kier molecular flexibility index (Phi) is 7.19. The van der Waals surface area contributed by atoms with Gasteiger partial charge in [-0.25, -0.2) is 8.42 Å². The molecule has 1 saturated carbocycles. The Morgan fingerprint density at radius 3 is 2.55 bits per heavy atom. The van der Waals surface area contributed by atoms with Crippen molar-refractivity contribution in [2.45, 2.75) is 43.0 Å². The molecule has 0 heterocycles. The number of carbonyl (C=O) groups is 1. The first-order chi connectivity index (χ1) is 14.8. The lowest BCUT2D eigenvalue weighted by atomic mass is 9.96. The second-order valence-corrected chi connectivity index (χ2v) is 9.45. The monoisotopic (exact) mass is 443 g/mol. The lowest BCUT2D eigenvalue weighted by Gasteiger charge is -2.30. The van der Waals surface area contributed by atoms with Gasteiger partial charge in [-0.1, -0.05) is 43.5 Å². The minimum absolute atomic E-state index is 0.0418. The largest absolute Gasteiger partial charge is 0.321 e. The molecular formula is C22H25N3O5S. The van der Waals surface area contributed by atoms with E-state index in [1.807, 2.05) is 0 Å². The van der Waals surface area contributed by atoms with E-state index in [4.69, 9.17) is 0 Å². The Balaban J connectivity index is 1.77. The van der Waals surface area contributed by atoms with Crippen molar-refractivity contribution < 1.29 is 18.1 Å². The fraction of sp³-hybridized carbons (Fsp3) is 0.318. The van der Waals surface area contributed by atoms with E-state index in [0.29, 0.717) is 5.56 Å². The van der Waals surface area contributed by atoms with Gasteiger partial charge in [-0.15, -0.1) is 0 Å². The molecule has 0 aromatic heterocycles. The van der Waals surface area contributed by atoms with Crippen LogP contribution in [0.5, 0.6) is 0 Å². The molecule has 9 heteroatoms. The number of amides is 1. The van der Waals surface area contributed by atoms with Crippen molar-refractivity contribution in [3.8, 4) is 0 Å². The van der Waals surface area contributed by atoms with E-state index < -0.39 is 20.9 Å². The van der Waals surface area contributed by atoms with E-state index >= 15 is 0 Å². The molecular weight excluding hydrogens is 418 g/mol. The molecule has 1 N–H and O–H groups in total. The van der Waals surface area contributed by atoms with Crippen molar-refractivity contribution in [1.82, 2.24) is 4.31 Å². The maximum Gasteiger partial charge on any atom is 0.270 e. The molecule has 0 unspecified atom stereocenters. The van der Waals surface area contributed by atoms with Crippen molar-refractivity contribution in [2.75, 3.05) is 12.4 Å². The first-order valence-electron chi connectivity index (χ1n) is 10.1. The first-order valence-corrected chi connectivity index (χ1v) is 11.5. The van der Waals surface area contributed by atoms with Crippen LogP contribution in [0.2, 0.25) is 0 Å². The van der Waals surface area contributed by atoms with Crippen LogP contribution in [0.15, 0.2) is 59.5 Å². The fourth-order valence-corrected chi connectivity index (χ4v) is 5.24. The summed E-state index contributed by atoms with van der Waals surface area (Å²) in [4.78, 5) is 22.8. The predicted molar refractivity (Wildman–Crippen MR) is 119 cm³/mol. The summed E-state index contributed by atoms with van der Waals surface area (Å²) >= 11 is 0. The number of anilines is 1. The van der Waals surface area contributed by atoms with Crippen LogP contribution in [0, 0.1) is 10.1 Å². The molecule has 3 rings (SSSR count). The van der Waals surface area contributed by atoms with E-state index in [9.17, 15) is 23.3 Å². The number of carbonyl (C=O) groups excluding carboxylic acids is 1. The molecule has 1 amide bonds. The maximum atomic E-state index is 13.2. The van der Waals surface area contributed by atoms with Gasteiger partial charge < -0.3 is 5.32 Å². The third-order valence-corrected chi connectivity index (χ3v) is 7.37. The van der Waals surface area contributed by atoms with E-state index in [0.717, 1.165) is 32.1 Å². The smallest absolute Gasteiger partial charge is 0.270 e. The second kappa shape index (κ2) is 9.84. The number of nitro groups is 1. The molecule has 2 aromatic carbocycles. The third-order valence-electron chi connectivity index (χ3n) is 5.40. The number of rotatable bonds is 7. The van der Waals surface area contributed by atoms with Crippen LogP contribution >= 0.6 is 0 Å². The molecule has 0 saturated heterocycles. The number of nitrogens with zero attached hydrogens (tertiary/aromatic N) is 2. The summed E-state index contributed by atoms with van der Waals surface area (Å²) in [6.45, 7) is 0. The molecule has 1 fully saturated rings. The Morgan fingerprint density at radius 2 is 1.84 bits per heavy atom. The van der Waals surface area contributed by atoms with Gasteiger partial charge in [-0.2, -0.15) is 4.31 Å². The molecule has 0 radical (unpaired) electrons. The second-order valence-electron chi connectivity index (χ2n) is 7.48. The number of para-hydroxylation sites is 1. The zero-order chi connectivity index (χ0) is 22.4. The van der Waals surface area contributed by atoms with Gasteiger partial charge in [0.1, 0.15) is 4.90 Å². The molecule has 0 spiro atoms. The van der Waals surface area contributed by atoms with Crippen LogP contribution in [-0.4, -0.2) is 36.6 Å². The molecule has 2 aromatic rings. The summed E-state index contributed by atoms with van der Waals surface area (Å²) in [6, 6.07) is 12.1. The maximum absolute atomic E-state index is 13.2. The fourth-order valence-electron chi connectivity index (χ4n) is 3.68. The molecule has 1 aliphatic carbocycles. The molecule has 1 aliphatic rings. The highest BCUT2D eigenvalue weighted by molar-refractivity contribution is 7.89. The summed E-state index contributed by atoms with van der Waals surface area (Å²) in [5, 5.41) is 13.5. The van der Waals surface area contributed by atoms with Crippen molar-refractivity contribution in [3.05, 3.63) is 70.3 Å². The minimum Gasteiger partial charge on any atom is -0.321 e. The van der Waals surface area contributed by atoms with Gasteiger partial charge in [0.25, 0.3) is 5.69 Å². The molecule has 164 valence electrons. The van der Waals surface area contributed by atoms with E-state index in [-0.39, 0.29) is 22.3 Å². The summed E-state index contributed by atoms with van der Waals surface area (Å²) in [7, 11) is -2.19. The minimum atomic E-state index is -3.78. The van der Waals surface area contributed by atoms with Crippen LogP contribution in [0.4, 0.5) is 11.4 Å². The lowest BCUT2D eigenvalue weighted by molar-refractivity contribution is -0.384. The number of nitrogens with one attached hydrogen (secondary N) is 1. The van der Waals surface area contributed by atoms with E-state index in [2.05, 4.69) is 5.32 Å². The topological polar surface area (TPSA) is 110 Å². The normalized spacial score (nSPS) is 15.3. The van der Waals surface area contributed by atoms with Crippen LogP contribution in [0.3, 0.4) is 0 Å². The van der Waals surface area contributed by atoms with Crippen molar-refractivity contribution in [3.63, 3.8) is 0 Å². The molecule has 31 heavy (non-hydrogen) atoms. The highest BCUT2D eigenvalue weighted by atomic mass is 32.2. The van der Waals surface area contributed by atoms with Gasteiger partial charge in [-0.3, -0.25) is 14.9 Å². The standard InChI is InChI=1S/C22H25N3O5S/c1-24(18-9-3-2-4-10-18)31(29,30)21-13-6-5-12-20(21)23-22(26)15-14-17-8-7-11-19(16-17)25(27)28/h5-8,11-16,18H,2-4,9-10H2,1H3,(H,23,26). The zero-order valence-electron chi connectivity index (χ0n) is 17.2. The van der Waals surface area contributed by atoms with Crippen LogP contribution < -0.4 is 5.32 Å². The summed E-state index contributed by atoms with van der Waals surface area (Å²) in [5.41, 5.74) is 0.603. The van der Waals surface area contributed by atoms with Crippen LogP contribution in [-0.2, 0) is 14.8 Å². The number of benzene rings is 2. The van der Waals surface area contributed by atoms with Gasteiger partial charge in [0.2, 0.25) is 15.9 Å². The average Bonchev–Trinajstić information content (AvgIpc) is 2.78. The Hall–Kier alpha value is -3.04. The van der Waals surface area contributed by atoms with Crippen LogP contribution in [0.25, 0.3) is 6.08 Å². The van der Waals surface area contributed by atoms with Gasteiger partial charge in [0.05, 0.1) is 10.6 Å². The van der Waals surface area contributed by atoms with E-state index in [1.54, 1.807) is 31.3 Å². The zero-order valence-corrected chi connectivity index (χ0v) is 18.0. The van der Waals surface area contributed by atoms with Crippen molar-refractivity contribution in [2.24, 2.45) is 0 Å². The Bertz CT molecular complexity index is 1090. The van der Waals surface area contributed by atoms with Crippen LogP contribution in [0.1, 0.15) is 37.7 Å². The van der Waals surface area contributed by atoms with Gasteiger partial charge >= 0.3 is 0 Å². The molecule has 0 atom stereocenters. The first kappa shape index (κ1) is 22.6. The molecule has 0 aliphatic heterocycles. The highest BCUT2D eigenvalue weighted by Gasteiger charge is 2.30. The van der Waals surface area contributed by atoms with Gasteiger partial charge in [0.15, 0.2) is 0 Å². The van der Waals surface area contributed by atoms with Gasteiger partial charge in [0, 0.05) is 31.3 Å². The Labute approximate surface area is 181 Å². The molecule has 8 nitrogen and oxygen atoms in total. The average molecular weight is 444 g/mol. The quantitative estimate of drug-likeness (QED) is 0.392. The van der Waals surface area contributed by atoms with Gasteiger partial charge in [-0.05, 0) is 36.6 Å². The number of hydrogen-bond donors (Lipinski definition) is 1. The SMILES string of the molecule is CN(C1CCCCC1)S(=O)(=O)c1ccccc1NC(=O)C=Cc1cccc([N+](=O)[O-])c1. The Morgan fingerprint density at radius 1 is 1.13 bits per heavy atom. The summed E-state index contributed by atoms with van der Waals surface area (Å²) < 4.78 is 27.8. The number of hydrogen-bond acceptors (Lipinski definition) is 5. The summed E-state index contributed by atoms with van der Waals surface area (Å²) in [5.74, 6) is -0.533. The summed E-state index contributed by atoms with van der Waals surface area (Å²) in [6.07, 6.45) is 7.44. The van der Waals surface area contributed by atoms with E-state index in [1.165, 1.54) is 40.7 Å². The van der Waals surface area contributed by atoms with Crippen molar-refractivity contribution in [1.29, 1.82) is 0 Å². The highest BCUT2D eigenvalue weighted by Crippen LogP contribution is 2.29. The number of non-ortho nitro benzene ring substituents is 1. The number of sulfonamides is 1.